The molecular weight excluding hydrogens is 407 g/mol. The molecule has 1 aliphatic rings. The molecule has 148 valence electrons. The van der Waals surface area contributed by atoms with Gasteiger partial charge >= 0.3 is 5.97 Å². The number of thioether (sulfide) groups is 1. The molecule has 0 radical (unpaired) electrons. The first-order valence-electron chi connectivity index (χ1n) is 8.55. The molecular formula is C20H18F3NO2S2. The summed E-state index contributed by atoms with van der Waals surface area (Å²) in [4.78, 5) is 14.5. The van der Waals surface area contributed by atoms with Gasteiger partial charge in [0.25, 0.3) is 5.92 Å². The quantitative estimate of drug-likeness (QED) is 0.609. The summed E-state index contributed by atoms with van der Waals surface area (Å²) in [5.74, 6) is -4.73. The number of hydrogen-bond donors (Lipinski definition) is 1. The largest absolute Gasteiger partial charge is 0.478 e. The van der Waals surface area contributed by atoms with Gasteiger partial charge in [0, 0.05) is 29.2 Å². The fraction of sp³-hybridized carbons (Fsp3) is 0.250. The minimum Gasteiger partial charge on any atom is -0.478 e. The number of alkyl halides is 2. The van der Waals surface area contributed by atoms with E-state index in [4.69, 9.17) is 0 Å². The Bertz CT molecular complexity index is 877. The highest BCUT2D eigenvalue weighted by Gasteiger charge is 2.32. The van der Waals surface area contributed by atoms with Gasteiger partial charge in [-0.25, -0.2) is 18.0 Å². The highest BCUT2D eigenvalue weighted by Crippen LogP contribution is 2.36. The van der Waals surface area contributed by atoms with Crippen LogP contribution in [0.4, 0.5) is 13.2 Å². The molecule has 0 fully saturated rings. The summed E-state index contributed by atoms with van der Waals surface area (Å²) < 4.78 is 41.8. The fourth-order valence-corrected chi connectivity index (χ4v) is 4.70. The zero-order valence-corrected chi connectivity index (χ0v) is 16.4. The number of carboxylic acids is 1. The number of benzene rings is 1. The maximum Gasteiger partial charge on any atom is 0.338 e. The van der Waals surface area contributed by atoms with Gasteiger partial charge < -0.3 is 10.0 Å². The first-order chi connectivity index (χ1) is 13.4. The average molecular weight is 425 g/mol. The summed E-state index contributed by atoms with van der Waals surface area (Å²) in [6.07, 6.45) is 2.80. The monoisotopic (exact) mass is 425 g/mol. The average Bonchev–Trinajstić information content (AvgIpc) is 3.16. The molecule has 3 nitrogen and oxygen atoms in total. The number of halogens is 3. The molecule has 1 aromatic carbocycles. The third-order valence-corrected chi connectivity index (χ3v) is 6.23. The van der Waals surface area contributed by atoms with E-state index in [-0.39, 0.29) is 16.9 Å². The normalized spacial score (nSPS) is 14.6. The number of rotatable bonds is 8. The number of carbonyl (C=O) groups is 1. The summed E-state index contributed by atoms with van der Waals surface area (Å²) in [5, 5.41) is 11.9. The van der Waals surface area contributed by atoms with Gasteiger partial charge in [-0.2, -0.15) is 0 Å². The Balaban J connectivity index is 1.71. The Morgan fingerprint density at radius 3 is 2.64 bits per heavy atom. The molecule has 2 heterocycles. The van der Waals surface area contributed by atoms with Crippen LogP contribution in [0.15, 0.2) is 64.5 Å². The van der Waals surface area contributed by atoms with E-state index in [2.05, 4.69) is 0 Å². The van der Waals surface area contributed by atoms with Crippen LogP contribution in [0.2, 0.25) is 0 Å². The maximum atomic E-state index is 14.4. The van der Waals surface area contributed by atoms with Crippen molar-refractivity contribution < 1.29 is 23.1 Å². The Morgan fingerprint density at radius 1 is 1.25 bits per heavy atom. The van der Waals surface area contributed by atoms with Crippen LogP contribution in [0.25, 0.3) is 0 Å². The minimum absolute atomic E-state index is 0.0330. The maximum absolute atomic E-state index is 14.4. The number of carboxylic acid groups (broad SMARTS) is 1. The predicted molar refractivity (Wildman–Crippen MR) is 106 cm³/mol. The number of thiophene rings is 1. The molecule has 0 unspecified atom stereocenters. The Labute approximate surface area is 169 Å². The third-order valence-electron chi connectivity index (χ3n) is 4.21. The summed E-state index contributed by atoms with van der Waals surface area (Å²) in [6, 6.07) is 8.04. The van der Waals surface area contributed by atoms with Crippen LogP contribution in [-0.4, -0.2) is 28.3 Å². The van der Waals surface area contributed by atoms with Gasteiger partial charge in [-0.15, -0.1) is 23.1 Å². The van der Waals surface area contributed by atoms with E-state index < -0.39 is 24.1 Å². The highest BCUT2D eigenvalue weighted by molar-refractivity contribution is 8.03. The lowest BCUT2D eigenvalue weighted by Gasteiger charge is -2.29. The smallest absolute Gasteiger partial charge is 0.338 e. The summed E-state index contributed by atoms with van der Waals surface area (Å²) in [7, 11) is 0. The van der Waals surface area contributed by atoms with Crippen molar-refractivity contribution in [3.63, 3.8) is 0 Å². The lowest BCUT2D eigenvalue weighted by Crippen LogP contribution is -2.27. The van der Waals surface area contributed by atoms with Gasteiger partial charge in [-0.05, 0) is 29.7 Å². The molecule has 1 aromatic heterocycles. The van der Waals surface area contributed by atoms with E-state index in [1.54, 1.807) is 17.4 Å². The van der Waals surface area contributed by atoms with Crippen LogP contribution in [0.3, 0.4) is 0 Å². The Kier molecular flexibility index (Phi) is 6.51. The molecule has 8 heteroatoms. The summed E-state index contributed by atoms with van der Waals surface area (Å²) in [6.45, 7) is 1.04. The minimum atomic E-state index is -3.12. The second-order valence-corrected chi connectivity index (χ2v) is 8.31. The van der Waals surface area contributed by atoms with Crippen molar-refractivity contribution in [2.75, 3.05) is 12.3 Å². The van der Waals surface area contributed by atoms with E-state index in [1.165, 1.54) is 6.08 Å². The number of aliphatic carboxylic acids is 1. The van der Waals surface area contributed by atoms with Crippen LogP contribution in [0.1, 0.15) is 16.9 Å². The van der Waals surface area contributed by atoms with Crippen molar-refractivity contribution in [1.82, 2.24) is 4.90 Å². The summed E-state index contributed by atoms with van der Waals surface area (Å²) in [5.41, 5.74) is -0.140. The molecule has 1 N–H and O–H groups in total. The van der Waals surface area contributed by atoms with Crippen LogP contribution >= 0.6 is 23.1 Å². The molecule has 0 saturated carbocycles. The Morgan fingerprint density at radius 2 is 2.00 bits per heavy atom. The van der Waals surface area contributed by atoms with E-state index in [0.717, 1.165) is 40.9 Å². The van der Waals surface area contributed by atoms with E-state index in [1.807, 2.05) is 22.4 Å². The fourth-order valence-electron chi connectivity index (χ4n) is 2.80. The van der Waals surface area contributed by atoms with E-state index >= 15 is 0 Å². The summed E-state index contributed by atoms with van der Waals surface area (Å²) >= 11 is 2.67. The SMILES string of the molecule is O=C(O)C1=C(SCCC(F)(F)c2ccc(F)cc2)N(Cc2cccs2)CC=C1. The van der Waals surface area contributed by atoms with E-state index in [9.17, 15) is 23.1 Å². The van der Waals surface area contributed by atoms with Crippen molar-refractivity contribution >= 4 is 29.1 Å². The van der Waals surface area contributed by atoms with Crippen molar-refractivity contribution in [3.05, 3.63) is 80.8 Å². The molecule has 0 saturated heterocycles. The first kappa shape index (κ1) is 20.5. The number of nitrogens with zero attached hydrogens (tertiary/aromatic N) is 1. The van der Waals surface area contributed by atoms with Gasteiger partial charge in [-0.3, -0.25) is 0 Å². The zero-order chi connectivity index (χ0) is 20.1. The Hall–Kier alpha value is -2.19. The molecule has 0 amide bonds. The third kappa shape index (κ3) is 4.99. The van der Waals surface area contributed by atoms with Crippen LogP contribution in [0.5, 0.6) is 0 Å². The molecule has 0 bridgehead atoms. The molecule has 3 rings (SSSR count). The highest BCUT2D eigenvalue weighted by atomic mass is 32.2. The lowest BCUT2D eigenvalue weighted by atomic mass is 10.1. The topological polar surface area (TPSA) is 40.5 Å². The van der Waals surface area contributed by atoms with Crippen molar-refractivity contribution in [2.45, 2.75) is 18.9 Å². The van der Waals surface area contributed by atoms with Crippen LogP contribution in [0, 0.1) is 5.82 Å². The molecule has 0 spiro atoms. The standard InChI is InChI=1S/C20H18F3NO2S2/c21-15-7-5-14(6-8-15)20(22,23)9-12-28-18-17(19(25)26)4-1-10-24(18)13-16-3-2-11-27-16/h1-8,11H,9-10,12-13H2,(H,25,26). The zero-order valence-electron chi connectivity index (χ0n) is 14.8. The van der Waals surface area contributed by atoms with Gasteiger partial charge in [-0.1, -0.05) is 24.3 Å². The van der Waals surface area contributed by atoms with Crippen molar-refractivity contribution in [3.8, 4) is 0 Å². The second-order valence-electron chi connectivity index (χ2n) is 6.20. The molecule has 1 aliphatic heterocycles. The molecule has 28 heavy (non-hydrogen) atoms. The van der Waals surface area contributed by atoms with Gasteiger partial charge in [0.1, 0.15) is 5.82 Å². The van der Waals surface area contributed by atoms with Gasteiger partial charge in [0.05, 0.1) is 17.1 Å². The molecule has 2 aromatic rings. The van der Waals surface area contributed by atoms with Gasteiger partial charge in [0.2, 0.25) is 0 Å². The lowest BCUT2D eigenvalue weighted by molar-refractivity contribution is -0.132. The van der Waals surface area contributed by atoms with Crippen molar-refractivity contribution in [2.24, 2.45) is 0 Å². The molecule has 0 atom stereocenters. The first-order valence-corrected chi connectivity index (χ1v) is 10.4. The molecule has 0 aliphatic carbocycles. The van der Waals surface area contributed by atoms with Gasteiger partial charge in [0.15, 0.2) is 0 Å². The van der Waals surface area contributed by atoms with Crippen LogP contribution in [-0.2, 0) is 17.3 Å². The van der Waals surface area contributed by atoms with Crippen LogP contribution < -0.4 is 0 Å². The number of hydrogen-bond acceptors (Lipinski definition) is 4. The van der Waals surface area contributed by atoms with Crippen molar-refractivity contribution in [1.29, 1.82) is 0 Å². The van der Waals surface area contributed by atoms with E-state index in [0.29, 0.717) is 18.1 Å². The predicted octanol–water partition coefficient (Wildman–Crippen LogP) is 5.47. The second kappa shape index (κ2) is 8.87.